The van der Waals surface area contributed by atoms with Gasteiger partial charge < -0.3 is 20.0 Å². The van der Waals surface area contributed by atoms with Gasteiger partial charge >= 0.3 is 0 Å². The highest BCUT2D eigenvalue weighted by Gasteiger charge is 2.28. The van der Waals surface area contributed by atoms with Crippen molar-refractivity contribution in [2.45, 2.75) is 32.2 Å². The van der Waals surface area contributed by atoms with Crippen molar-refractivity contribution in [2.75, 3.05) is 43.4 Å². The van der Waals surface area contributed by atoms with Crippen LogP contribution in [-0.4, -0.2) is 60.7 Å². The lowest BCUT2D eigenvalue weighted by Crippen LogP contribution is -2.38. The first kappa shape index (κ1) is 30.5. The molecule has 0 aliphatic carbocycles. The molecule has 226 valence electrons. The normalized spacial score (nSPS) is 14.0. The zero-order valence-corrected chi connectivity index (χ0v) is 25.5. The van der Waals surface area contributed by atoms with Crippen LogP contribution in [0.15, 0.2) is 109 Å². The summed E-state index contributed by atoms with van der Waals surface area (Å²) in [6.07, 6.45) is 1.53. The third kappa shape index (κ3) is 7.35. The van der Waals surface area contributed by atoms with Gasteiger partial charge in [-0.3, -0.25) is 14.4 Å². The van der Waals surface area contributed by atoms with Gasteiger partial charge in [0.2, 0.25) is 5.91 Å². The van der Waals surface area contributed by atoms with Crippen LogP contribution in [0.5, 0.6) is 0 Å². The molecule has 0 aromatic heterocycles. The molecule has 0 spiro atoms. The molecule has 1 aliphatic rings. The van der Waals surface area contributed by atoms with Crippen molar-refractivity contribution >= 4 is 29.1 Å². The molecule has 44 heavy (non-hydrogen) atoms. The predicted octanol–water partition coefficient (Wildman–Crippen LogP) is 6.44. The Morgan fingerprint density at radius 2 is 1.45 bits per heavy atom. The van der Waals surface area contributed by atoms with Crippen molar-refractivity contribution in [2.24, 2.45) is 0 Å². The van der Waals surface area contributed by atoms with Gasteiger partial charge in [0.25, 0.3) is 11.8 Å². The Morgan fingerprint density at radius 3 is 2.14 bits per heavy atom. The molecule has 5 rings (SSSR count). The van der Waals surface area contributed by atoms with E-state index in [9.17, 15) is 14.4 Å². The van der Waals surface area contributed by atoms with Crippen molar-refractivity contribution in [3.8, 4) is 0 Å². The summed E-state index contributed by atoms with van der Waals surface area (Å²) in [5, 5.41) is 2.96. The van der Waals surface area contributed by atoms with Crippen molar-refractivity contribution in [1.29, 1.82) is 0 Å². The van der Waals surface area contributed by atoms with Gasteiger partial charge in [-0.25, -0.2) is 0 Å². The molecular formula is C37H40N4O3. The molecule has 4 aromatic rings. The second kappa shape index (κ2) is 14.5. The number of nitrogens with zero attached hydrogens (tertiary/aromatic N) is 3. The van der Waals surface area contributed by atoms with E-state index in [-0.39, 0.29) is 23.6 Å². The molecule has 1 heterocycles. The zero-order chi connectivity index (χ0) is 30.9. The molecule has 1 fully saturated rings. The van der Waals surface area contributed by atoms with E-state index in [4.69, 9.17) is 0 Å². The molecule has 4 aromatic carbocycles. The van der Waals surface area contributed by atoms with E-state index in [1.807, 2.05) is 95.9 Å². The standard InChI is InChI=1S/C37H40N4O3/c1-3-32(29-16-9-5-10-17-29)37(44)41-23-13-22-40(24-25-41)34-21-20-31(38-35(42)30-18-11-6-12-19-30)26-33(34)36(43)39(2)27-28-14-7-4-8-15-28/h4-12,14-21,26,32H,3,13,22-25,27H2,1-2H3,(H,38,42). The fourth-order valence-electron chi connectivity index (χ4n) is 5.83. The summed E-state index contributed by atoms with van der Waals surface area (Å²) in [5.74, 6) is -0.383. The van der Waals surface area contributed by atoms with E-state index < -0.39 is 0 Å². The number of nitrogens with one attached hydrogen (secondary N) is 1. The monoisotopic (exact) mass is 588 g/mol. The number of anilines is 2. The maximum Gasteiger partial charge on any atom is 0.256 e. The zero-order valence-electron chi connectivity index (χ0n) is 25.5. The fourth-order valence-corrected chi connectivity index (χ4v) is 5.83. The highest BCUT2D eigenvalue weighted by atomic mass is 16.2. The molecular weight excluding hydrogens is 548 g/mol. The average Bonchev–Trinajstić information content (AvgIpc) is 3.32. The maximum atomic E-state index is 14.0. The summed E-state index contributed by atoms with van der Waals surface area (Å²) >= 11 is 0. The molecule has 0 radical (unpaired) electrons. The first-order chi connectivity index (χ1) is 21.4. The van der Waals surface area contributed by atoms with Crippen molar-refractivity contribution in [3.05, 3.63) is 131 Å². The SMILES string of the molecule is CCC(C(=O)N1CCCN(c2ccc(NC(=O)c3ccccc3)cc2C(=O)N(C)Cc2ccccc2)CC1)c1ccccc1. The van der Waals surface area contributed by atoms with Gasteiger partial charge in [-0.15, -0.1) is 0 Å². The number of rotatable bonds is 9. The Bertz CT molecular complexity index is 1560. The third-order valence-electron chi connectivity index (χ3n) is 8.19. The van der Waals surface area contributed by atoms with Crippen LogP contribution in [0.25, 0.3) is 0 Å². The van der Waals surface area contributed by atoms with Crippen LogP contribution >= 0.6 is 0 Å². The summed E-state index contributed by atoms with van der Waals surface area (Å²) < 4.78 is 0. The second-order valence-corrected chi connectivity index (χ2v) is 11.2. The summed E-state index contributed by atoms with van der Waals surface area (Å²) in [6, 6.07) is 34.4. The van der Waals surface area contributed by atoms with E-state index in [0.29, 0.717) is 49.5 Å². The summed E-state index contributed by atoms with van der Waals surface area (Å²) in [5.41, 5.74) is 4.50. The minimum atomic E-state index is -0.234. The Labute approximate surface area is 260 Å². The highest BCUT2D eigenvalue weighted by Crippen LogP contribution is 2.29. The maximum absolute atomic E-state index is 14.0. The van der Waals surface area contributed by atoms with Gasteiger partial charge in [-0.2, -0.15) is 0 Å². The van der Waals surface area contributed by atoms with Crippen LogP contribution in [0.3, 0.4) is 0 Å². The van der Waals surface area contributed by atoms with Crippen LogP contribution < -0.4 is 10.2 Å². The number of carbonyl (C=O) groups is 3. The van der Waals surface area contributed by atoms with Crippen molar-refractivity contribution in [1.82, 2.24) is 9.80 Å². The number of benzene rings is 4. The van der Waals surface area contributed by atoms with Crippen LogP contribution in [0.2, 0.25) is 0 Å². The summed E-state index contributed by atoms with van der Waals surface area (Å²) in [7, 11) is 1.80. The average molecular weight is 589 g/mol. The molecule has 0 bridgehead atoms. The minimum Gasteiger partial charge on any atom is -0.369 e. The van der Waals surface area contributed by atoms with Gasteiger partial charge in [0.15, 0.2) is 0 Å². The second-order valence-electron chi connectivity index (χ2n) is 11.2. The van der Waals surface area contributed by atoms with Crippen LogP contribution in [0.1, 0.15) is 57.5 Å². The van der Waals surface area contributed by atoms with Crippen LogP contribution in [0, 0.1) is 0 Å². The molecule has 1 atom stereocenters. The lowest BCUT2D eigenvalue weighted by Gasteiger charge is -2.28. The first-order valence-corrected chi connectivity index (χ1v) is 15.3. The molecule has 1 unspecified atom stereocenters. The first-order valence-electron chi connectivity index (χ1n) is 15.3. The third-order valence-corrected chi connectivity index (χ3v) is 8.19. The molecule has 7 heteroatoms. The Morgan fingerprint density at radius 1 is 0.795 bits per heavy atom. The summed E-state index contributed by atoms with van der Waals surface area (Å²) in [4.78, 5) is 46.4. The Balaban J connectivity index is 1.38. The molecule has 1 aliphatic heterocycles. The molecule has 3 amide bonds. The van der Waals surface area contributed by atoms with Gasteiger partial charge in [0, 0.05) is 56.7 Å². The molecule has 1 saturated heterocycles. The van der Waals surface area contributed by atoms with Crippen molar-refractivity contribution in [3.63, 3.8) is 0 Å². The summed E-state index contributed by atoms with van der Waals surface area (Å²) in [6.45, 7) is 5.07. The lowest BCUT2D eigenvalue weighted by molar-refractivity contribution is -0.132. The van der Waals surface area contributed by atoms with E-state index in [2.05, 4.69) is 17.1 Å². The van der Waals surface area contributed by atoms with Gasteiger partial charge in [0.05, 0.1) is 11.5 Å². The molecule has 1 N–H and O–H groups in total. The van der Waals surface area contributed by atoms with Gasteiger partial charge in [0.1, 0.15) is 0 Å². The van der Waals surface area contributed by atoms with E-state index in [1.165, 1.54) is 0 Å². The van der Waals surface area contributed by atoms with Gasteiger partial charge in [-0.05, 0) is 54.3 Å². The molecule has 7 nitrogen and oxygen atoms in total. The van der Waals surface area contributed by atoms with E-state index in [0.717, 1.165) is 29.7 Å². The number of hydrogen-bond acceptors (Lipinski definition) is 4. The predicted molar refractivity (Wildman–Crippen MR) is 176 cm³/mol. The smallest absolute Gasteiger partial charge is 0.256 e. The van der Waals surface area contributed by atoms with Crippen LogP contribution in [-0.2, 0) is 11.3 Å². The Hall–Kier alpha value is -4.91. The Kier molecular flexibility index (Phi) is 10.1. The number of carbonyl (C=O) groups excluding carboxylic acids is 3. The van der Waals surface area contributed by atoms with Crippen LogP contribution in [0.4, 0.5) is 11.4 Å². The topological polar surface area (TPSA) is 73.0 Å². The van der Waals surface area contributed by atoms with Gasteiger partial charge in [-0.1, -0.05) is 85.8 Å². The van der Waals surface area contributed by atoms with E-state index >= 15 is 0 Å². The number of hydrogen-bond donors (Lipinski definition) is 1. The molecule has 0 saturated carbocycles. The minimum absolute atomic E-state index is 0.132. The largest absolute Gasteiger partial charge is 0.369 e. The van der Waals surface area contributed by atoms with Crippen molar-refractivity contribution < 1.29 is 14.4 Å². The lowest BCUT2D eigenvalue weighted by atomic mass is 9.95. The fraction of sp³-hybridized carbons (Fsp3) is 0.270. The highest BCUT2D eigenvalue weighted by molar-refractivity contribution is 6.06. The number of amides is 3. The quantitative estimate of drug-likeness (QED) is 0.244. The van der Waals surface area contributed by atoms with E-state index in [1.54, 1.807) is 30.1 Å².